The van der Waals surface area contributed by atoms with Crippen molar-refractivity contribution >= 4 is 11.9 Å². The van der Waals surface area contributed by atoms with Crippen LogP contribution in [0.4, 0.5) is 0 Å². The maximum Gasteiger partial charge on any atom is 0.305 e. The summed E-state index contributed by atoms with van der Waals surface area (Å²) < 4.78 is 1.79. The average molecular weight is 315 g/mol. The van der Waals surface area contributed by atoms with Gasteiger partial charge >= 0.3 is 5.97 Å². The summed E-state index contributed by atoms with van der Waals surface area (Å²) in [5.41, 5.74) is 2.43. The number of aryl methyl sites for hydroxylation is 1. The lowest BCUT2D eigenvalue weighted by atomic mass is 10.1. The first kappa shape index (κ1) is 16.7. The highest BCUT2D eigenvalue weighted by Gasteiger charge is 2.19. The first-order valence-electron chi connectivity index (χ1n) is 7.54. The highest BCUT2D eigenvalue weighted by molar-refractivity contribution is 5.94. The fourth-order valence-electron chi connectivity index (χ4n) is 2.36. The van der Waals surface area contributed by atoms with Gasteiger partial charge in [0.05, 0.1) is 12.1 Å². The van der Waals surface area contributed by atoms with Gasteiger partial charge in [-0.15, -0.1) is 0 Å². The quantitative estimate of drug-likeness (QED) is 0.888. The number of benzene rings is 1. The third kappa shape index (κ3) is 3.97. The minimum absolute atomic E-state index is 0.0603. The van der Waals surface area contributed by atoms with Crippen molar-refractivity contribution in [1.29, 1.82) is 0 Å². The third-order valence-corrected chi connectivity index (χ3v) is 3.64. The summed E-state index contributed by atoms with van der Waals surface area (Å²) in [4.78, 5) is 24.9. The molecule has 1 heterocycles. The Morgan fingerprint density at radius 3 is 2.35 bits per heavy atom. The zero-order chi connectivity index (χ0) is 17.0. The molecule has 0 bridgehead atoms. The topological polar surface area (TPSA) is 75.4 Å². The number of carbonyl (C=O) groups is 2. The van der Waals surface area contributed by atoms with Gasteiger partial charge in [0, 0.05) is 30.0 Å². The number of aliphatic carboxylic acids is 1. The smallest absolute Gasteiger partial charge is 0.305 e. The standard InChI is InChI=1S/C17H21N3O3/c1-12(2)19(11-9-16(21)22)17(23)14-4-6-15(7-5-14)20-13(3)8-10-18-20/h4-8,10,12H,9,11H2,1-3H3,(H,21,22). The van der Waals surface area contributed by atoms with E-state index in [0.29, 0.717) is 5.56 Å². The highest BCUT2D eigenvalue weighted by atomic mass is 16.4. The van der Waals surface area contributed by atoms with Crippen molar-refractivity contribution < 1.29 is 14.7 Å². The second kappa shape index (κ2) is 7.09. The maximum atomic E-state index is 12.6. The molecule has 6 heteroatoms. The second-order valence-electron chi connectivity index (χ2n) is 5.67. The van der Waals surface area contributed by atoms with E-state index in [9.17, 15) is 9.59 Å². The number of nitrogens with zero attached hydrogens (tertiary/aromatic N) is 3. The Morgan fingerprint density at radius 2 is 1.87 bits per heavy atom. The minimum atomic E-state index is -0.909. The molecule has 6 nitrogen and oxygen atoms in total. The van der Waals surface area contributed by atoms with Gasteiger partial charge in [-0.25, -0.2) is 4.68 Å². The zero-order valence-corrected chi connectivity index (χ0v) is 13.6. The molecule has 2 rings (SSSR count). The summed E-state index contributed by atoms with van der Waals surface area (Å²) in [5.74, 6) is -1.07. The molecule has 2 aromatic rings. The van der Waals surface area contributed by atoms with Gasteiger partial charge in [0.15, 0.2) is 0 Å². The van der Waals surface area contributed by atoms with Crippen molar-refractivity contribution in [3.05, 3.63) is 47.8 Å². The molecule has 0 aliphatic rings. The van der Waals surface area contributed by atoms with Crippen LogP contribution >= 0.6 is 0 Å². The molecule has 0 unspecified atom stereocenters. The first-order chi connectivity index (χ1) is 10.9. The summed E-state index contributed by atoms with van der Waals surface area (Å²) in [7, 11) is 0. The van der Waals surface area contributed by atoms with Crippen LogP contribution in [0.5, 0.6) is 0 Å². The van der Waals surface area contributed by atoms with Crippen molar-refractivity contribution in [2.24, 2.45) is 0 Å². The molecule has 0 saturated carbocycles. The average Bonchev–Trinajstić information content (AvgIpc) is 2.93. The summed E-state index contributed by atoms with van der Waals surface area (Å²) in [6.45, 7) is 5.91. The SMILES string of the molecule is Cc1ccnn1-c1ccc(C(=O)N(CCC(=O)O)C(C)C)cc1. The Hall–Kier alpha value is -2.63. The van der Waals surface area contributed by atoms with Gasteiger partial charge in [-0.3, -0.25) is 9.59 Å². The van der Waals surface area contributed by atoms with E-state index in [2.05, 4.69) is 5.10 Å². The molecule has 0 radical (unpaired) electrons. The van der Waals surface area contributed by atoms with Crippen molar-refractivity contribution in [3.63, 3.8) is 0 Å². The van der Waals surface area contributed by atoms with Crippen molar-refractivity contribution in [1.82, 2.24) is 14.7 Å². The molecule has 1 aromatic heterocycles. The molecule has 0 aliphatic carbocycles. The second-order valence-corrected chi connectivity index (χ2v) is 5.67. The lowest BCUT2D eigenvalue weighted by molar-refractivity contribution is -0.137. The molecule has 0 fully saturated rings. The van der Waals surface area contributed by atoms with Crippen LogP contribution in [0.25, 0.3) is 5.69 Å². The normalized spacial score (nSPS) is 10.8. The predicted octanol–water partition coefficient (Wildman–Crippen LogP) is 2.51. The van der Waals surface area contributed by atoms with Gasteiger partial charge in [0.2, 0.25) is 0 Å². The van der Waals surface area contributed by atoms with E-state index in [0.717, 1.165) is 11.4 Å². The van der Waals surface area contributed by atoms with Crippen LogP contribution in [0, 0.1) is 6.92 Å². The van der Waals surface area contributed by atoms with E-state index in [4.69, 9.17) is 5.11 Å². The largest absolute Gasteiger partial charge is 0.481 e. The van der Waals surface area contributed by atoms with Crippen molar-refractivity contribution in [2.45, 2.75) is 33.2 Å². The van der Waals surface area contributed by atoms with E-state index in [1.807, 2.05) is 39.0 Å². The van der Waals surface area contributed by atoms with Gasteiger partial charge in [-0.2, -0.15) is 5.10 Å². The monoisotopic (exact) mass is 315 g/mol. The van der Waals surface area contributed by atoms with Crippen LogP contribution in [0.3, 0.4) is 0 Å². The van der Waals surface area contributed by atoms with Crippen LogP contribution in [0.1, 0.15) is 36.3 Å². The van der Waals surface area contributed by atoms with Gasteiger partial charge in [-0.05, 0) is 51.1 Å². The molecular formula is C17H21N3O3. The number of rotatable bonds is 6. The molecule has 1 amide bonds. The number of hydrogen-bond donors (Lipinski definition) is 1. The van der Waals surface area contributed by atoms with E-state index in [1.165, 1.54) is 0 Å². The first-order valence-corrected chi connectivity index (χ1v) is 7.54. The number of amides is 1. The minimum Gasteiger partial charge on any atom is -0.481 e. The molecule has 0 spiro atoms. The number of hydrogen-bond acceptors (Lipinski definition) is 3. The number of carbonyl (C=O) groups excluding carboxylic acids is 1. The van der Waals surface area contributed by atoms with Crippen LogP contribution in [0.2, 0.25) is 0 Å². The Kier molecular flexibility index (Phi) is 5.16. The maximum absolute atomic E-state index is 12.6. The third-order valence-electron chi connectivity index (χ3n) is 3.64. The van der Waals surface area contributed by atoms with Gasteiger partial charge < -0.3 is 10.0 Å². The van der Waals surface area contributed by atoms with Gasteiger partial charge in [0.1, 0.15) is 0 Å². The molecule has 0 atom stereocenters. The summed E-state index contributed by atoms with van der Waals surface area (Å²) >= 11 is 0. The molecule has 122 valence electrons. The molecule has 1 N–H and O–H groups in total. The Labute approximate surface area is 135 Å². The van der Waals surface area contributed by atoms with E-state index >= 15 is 0 Å². The fourth-order valence-corrected chi connectivity index (χ4v) is 2.36. The van der Waals surface area contributed by atoms with E-state index in [1.54, 1.807) is 27.9 Å². The predicted molar refractivity (Wildman–Crippen MR) is 86.7 cm³/mol. The van der Waals surface area contributed by atoms with Crippen LogP contribution in [0.15, 0.2) is 36.5 Å². The number of carboxylic acid groups (broad SMARTS) is 1. The summed E-state index contributed by atoms with van der Waals surface area (Å²) in [5, 5.41) is 13.0. The van der Waals surface area contributed by atoms with Crippen LogP contribution in [-0.4, -0.2) is 44.3 Å². The number of carboxylic acids is 1. The van der Waals surface area contributed by atoms with E-state index in [-0.39, 0.29) is 24.9 Å². The Balaban J connectivity index is 2.18. The molecule has 0 aliphatic heterocycles. The molecular weight excluding hydrogens is 294 g/mol. The molecule has 1 aromatic carbocycles. The van der Waals surface area contributed by atoms with Crippen molar-refractivity contribution in [3.8, 4) is 5.69 Å². The highest BCUT2D eigenvalue weighted by Crippen LogP contribution is 2.14. The van der Waals surface area contributed by atoms with E-state index < -0.39 is 5.97 Å². The summed E-state index contributed by atoms with van der Waals surface area (Å²) in [6.07, 6.45) is 1.66. The molecule has 23 heavy (non-hydrogen) atoms. The Morgan fingerprint density at radius 1 is 1.22 bits per heavy atom. The fraction of sp³-hybridized carbons (Fsp3) is 0.353. The van der Waals surface area contributed by atoms with Crippen LogP contribution < -0.4 is 0 Å². The lowest BCUT2D eigenvalue weighted by Gasteiger charge is -2.26. The summed E-state index contributed by atoms with van der Waals surface area (Å²) in [6, 6.07) is 9.01. The van der Waals surface area contributed by atoms with Gasteiger partial charge in [0.25, 0.3) is 5.91 Å². The van der Waals surface area contributed by atoms with Crippen LogP contribution in [-0.2, 0) is 4.79 Å². The lowest BCUT2D eigenvalue weighted by Crippen LogP contribution is -2.38. The molecule has 0 saturated heterocycles. The number of aromatic nitrogens is 2. The van der Waals surface area contributed by atoms with Crippen molar-refractivity contribution in [2.75, 3.05) is 6.54 Å². The Bertz CT molecular complexity index is 689. The van der Waals surface area contributed by atoms with Gasteiger partial charge in [-0.1, -0.05) is 0 Å². The zero-order valence-electron chi connectivity index (χ0n) is 13.6.